The molecule has 0 saturated carbocycles. The van der Waals surface area contributed by atoms with Gasteiger partial charge in [-0.3, -0.25) is 9.59 Å². The molecular formula is C14H15N3O5S. The molecule has 1 heterocycles. The van der Waals surface area contributed by atoms with E-state index in [-0.39, 0.29) is 17.5 Å². The van der Waals surface area contributed by atoms with Gasteiger partial charge in [-0.25, -0.2) is 0 Å². The molecule has 1 amide bonds. The van der Waals surface area contributed by atoms with E-state index in [1.54, 1.807) is 25.3 Å². The lowest BCUT2D eigenvalue weighted by Gasteiger charge is -2.06. The number of carboxylic acids is 1. The summed E-state index contributed by atoms with van der Waals surface area (Å²) < 4.78 is 10.3. The standard InChI is InChI=1S/C14H15N3O5S/c1-21-9-3-4-10(22-2)8(5-9)7-15-17-14-16-13(20)11(23-14)6-12(18)19/h3-5,7,11H,6H2,1-2H3,(H,18,19)(H,16,17,20)/b15-7-/t11-/m0/s1. The van der Waals surface area contributed by atoms with Crippen LogP contribution in [0.1, 0.15) is 12.0 Å². The fourth-order valence-electron chi connectivity index (χ4n) is 1.83. The summed E-state index contributed by atoms with van der Waals surface area (Å²) >= 11 is 1.04. The molecule has 0 bridgehead atoms. The second-order valence-corrected chi connectivity index (χ2v) is 5.64. The fourth-order valence-corrected chi connectivity index (χ4v) is 2.74. The lowest BCUT2D eigenvalue weighted by atomic mass is 10.2. The van der Waals surface area contributed by atoms with Crippen molar-refractivity contribution in [2.45, 2.75) is 11.7 Å². The Hall–Kier alpha value is -2.55. The molecule has 23 heavy (non-hydrogen) atoms. The molecule has 9 heteroatoms. The van der Waals surface area contributed by atoms with Gasteiger partial charge in [-0.15, -0.1) is 5.10 Å². The number of amides is 1. The molecule has 2 rings (SSSR count). The lowest BCUT2D eigenvalue weighted by molar-refractivity contribution is -0.138. The molecule has 1 saturated heterocycles. The number of methoxy groups -OCH3 is 2. The van der Waals surface area contributed by atoms with Gasteiger partial charge in [-0.2, -0.15) is 5.10 Å². The summed E-state index contributed by atoms with van der Waals surface area (Å²) in [5.74, 6) is -0.180. The highest BCUT2D eigenvalue weighted by Gasteiger charge is 2.32. The summed E-state index contributed by atoms with van der Waals surface area (Å²) in [7, 11) is 3.09. The molecule has 122 valence electrons. The molecule has 8 nitrogen and oxygen atoms in total. The number of nitrogens with zero attached hydrogens (tertiary/aromatic N) is 2. The van der Waals surface area contributed by atoms with Crippen LogP contribution in [0.3, 0.4) is 0 Å². The van der Waals surface area contributed by atoms with E-state index in [2.05, 4.69) is 15.5 Å². The number of rotatable bonds is 6. The van der Waals surface area contributed by atoms with Crippen LogP contribution < -0.4 is 14.8 Å². The van der Waals surface area contributed by atoms with E-state index in [1.165, 1.54) is 13.3 Å². The zero-order valence-electron chi connectivity index (χ0n) is 12.5. The van der Waals surface area contributed by atoms with Crippen LogP contribution >= 0.6 is 11.8 Å². The first-order chi connectivity index (χ1) is 11.0. The fraction of sp³-hybridized carbons (Fsp3) is 0.286. The minimum atomic E-state index is -1.04. The number of nitrogens with one attached hydrogen (secondary N) is 1. The van der Waals surface area contributed by atoms with Crippen molar-refractivity contribution in [2.75, 3.05) is 14.2 Å². The van der Waals surface area contributed by atoms with Gasteiger partial charge < -0.3 is 19.9 Å². The topological polar surface area (TPSA) is 110 Å². The van der Waals surface area contributed by atoms with Crippen LogP contribution in [0.25, 0.3) is 0 Å². The predicted molar refractivity (Wildman–Crippen MR) is 86.3 cm³/mol. The van der Waals surface area contributed by atoms with E-state index in [4.69, 9.17) is 14.6 Å². The van der Waals surface area contributed by atoms with Crippen molar-refractivity contribution in [2.24, 2.45) is 10.2 Å². The Labute approximate surface area is 136 Å². The second-order valence-electron chi connectivity index (χ2n) is 4.45. The Morgan fingerprint density at radius 3 is 2.87 bits per heavy atom. The second kappa shape index (κ2) is 7.63. The quantitative estimate of drug-likeness (QED) is 0.594. The van der Waals surface area contributed by atoms with Crippen LogP contribution in [0.5, 0.6) is 11.5 Å². The van der Waals surface area contributed by atoms with Crippen molar-refractivity contribution in [3.63, 3.8) is 0 Å². The van der Waals surface area contributed by atoms with Crippen LogP contribution in [-0.4, -0.2) is 47.8 Å². The average Bonchev–Trinajstić information content (AvgIpc) is 2.86. The number of ether oxygens (including phenoxy) is 2. The van der Waals surface area contributed by atoms with Gasteiger partial charge in [0.2, 0.25) is 5.91 Å². The number of hydrogen-bond acceptors (Lipinski definition) is 7. The number of carboxylic acid groups (broad SMARTS) is 1. The number of benzene rings is 1. The summed E-state index contributed by atoms with van der Waals surface area (Å²) in [5.41, 5.74) is 0.660. The molecule has 1 aromatic carbocycles. The van der Waals surface area contributed by atoms with Crippen LogP contribution in [0.2, 0.25) is 0 Å². The van der Waals surface area contributed by atoms with Gasteiger partial charge >= 0.3 is 5.97 Å². The van der Waals surface area contributed by atoms with Crippen molar-refractivity contribution < 1.29 is 24.2 Å². The van der Waals surface area contributed by atoms with Crippen LogP contribution in [0.4, 0.5) is 0 Å². The minimum Gasteiger partial charge on any atom is -0.497 e. The van der Waals surface area contributed by atoms with Crippen molar-refractivity contribution in [3.8, 4) is 11.5 Å². The van der Waals surface area contributed by atoms with Gasteiger partial charge in [0, 0.05) is 5.56 Å². The molecule has 0 aromatic heterocycles. The maximum atomic E-state index is 11.6. The molecule has 2 N–H and O–H groups in total. The van der Waals surface area contributed by atoms with Crippen molar-refractivity contribution in [1.29, 1.82) is 0 Å². The van der Waals surface area contributed by atoms with Crippen molar-refractivity contribution >= 4 is 35.0 Å². The molecule has 1 aliphatic heterocycles. The third kappa shape index (κ3) is 4.46. The number of hydrogen-bond donors (Lipinski definition) is 2. The van der Waals surface area contributed by atoms with E-state index in [0.29, 0.717) is 17.1 Å². The predicted octanol–water partition coefficient (Wildman–Crippen LogP) is 1.10. The zero-order chi connectivity index (χ0) is 16.8. The van der Waals surface area contributed by atoms with Crippen LogP contribution in [0.15, 0.2) is 28.4 Å². The largest absolute Gasteiger partial charge is 0.497 e. The first-order valence-corrected chi connectivity index (χ1v) is 7.44. The Morgan fingerprint density at radius 1 is 1.43 bits per heavy atom. The highest BCUT2D eigenvalue weighted by molar-refractivity contribution is 8.15. The summed E-state index contributed by atoms with van der Waals surface area (Å²) in [6.45, 7) is 0. The molecule has 1 aliphatic rings. The highest BCUT2D eigenvalue weighted by atomic mass is 32.2. The Bertz CT molecular complexity index is 674. The molecule has 1 aromatic rings. The molecule has 0 unspecified atom stereocenters. The highest BCUT2D eigenvalue weighted by Crippen LogP contribution is 2.24. The maximum Gasteiger partial charge on any atom is 0.305 e. The number of aliphatic carboxylic acids is 1. The zero-order valence-corrected chi connectivity index (χ0v) is 13.3. The molecule has 0 radical (unpaired) electrons. The Kier molecular flexibility index (Phi) is 5.58. The molecule has 1 atom stereocenters. The first-order valence-electron chi connectivity index (χ1n) is 6.56. The number of carbonyl (C=O) groups excluding carboxylic acids is 1. The Balaban J connectivity index is 2.09. The summed E-state index contributed by atoms with van der Waals surface area (Å²) in [5, 5.41) is 18.6. The van der Waals surface area contributed by atoms with Gasteiger partial charge in [0.05, 0.1) is 26.9 Å². The van der Waals surface area contributed by atoms with E-state index < -0.39 is 11.2 Å². The normalized spacial score (nSPS) is 19.1. The first kappa shape index (κ1) is 16.8. The van der Waals surface area contributed by atoms with Crippen LogP contribution in [0, 0.1) is 0 Å². The van der Waals surface area contributed by atoms with E-state index in [0.717, 1.165) is 11.8 Å². The average molecular weight is 337 g/mol. The van der Waals surface area contributed by atoms with Crippen molar-refractivity contribution in [1.82, 2.24) is 5.32 Å². The van der Waals surface area contributed by atoms with Crippen molar-refractivity contribution in [3.05, 3.63) is 23.8 Å². The molecule has 1 fully saturated rings. The van der Waals surface area contributed by atoms with Crippen LogP contribution in [-0.2, 0) is 9.59 Å². The molecular weight excluding hydrogens is 322 g/mol. The minimum absolute atomic E-state index is 0.261. The third-order valence-corrected chi connectivity index (χ3v) is 3.99. The SMILES string of the molecule is COc1ccc(OC)c(/C=N\N=C2\NC(=O)[C@H](CC(=O)O)S2)c1. The lowest BCUT2D eigenvalue weighted by Crippen LogP contribution is -2.26. The van der Waals surface area contributed by atoms with Gasteiger partial charge in [-0.05, 0) is 18.2 Å². The van der Waals surface area contributed by atoms with Gasteiger partial charge in [0.15, 0.2) is 5.17 Å². The third-order valence-electron chi connectivity index (χ3n) is 2.92. The maximum absolute atomic E-state index is 11.6. The smallest absolute Gasteiger partial charge is 0.305 e. The van der Waals surface area contributed by atoms with E-state index >= 15 is 0 Å². The monoisotopic (exact) mass is 337 g/mol. The summed E-state index contributed by atoms with van der Waals surface area (Å²) in [6.07, 6.45) is 1.20. The van der Waals surface area contributed by atoms with E-state index in [1.807, 2.05) is 0 Å². The Morgan fingerprint density at radius 2 is 2.22 bits per heavy atom. The molecule has 0 aliphatic carbocycles. The summed E-state index contributed by atoms with van der Waals surface area (Å²) in [4.78, 5) is 22.2. The van der Waals surface area contributed by atoms with E-state index in [9.17, 15) is 9.59 Å². The van der Waals surface area contributed by atoms with Gasteiger partial charge in [-0.1, -0.05) is 11.8 Å². The molecule has 0 spiro atoms. The van der Waals surface area contributed by atoms with Gasteiger partial charge in [0.25, 0.3) is 0 Å². The number of amidine groups is 1. The number of thioether (sulfide) groups is 1. The summed E-state index contributed by atoms with van der Waals surface area (Å²) in [6, 6.07) is 5.23. The number of carbonyl (C=O) groups is 2. The van der Waals surface area contributed by atoms with Gasteiger partial charge in [0.1, 0.15) is 16.7 Å².